The van der Waals surface area contributed by atoms with Gasteiger partial charge in [0.25, 0.3) is 0 Å². The van der Waals surface area contributed by atoms with Crippen molar-refractivity contribution in [2.24, 2.45) is 0 Å². The molecule has 0 bridgehead atoms. The zero-order valence-corrected chi connectivity index (χ0v) is 10.7. The van der Waals surface area contributed by atoms with Crippen LogP contribution in [0.3, 0.4) is 0 Å². The number of pyridine rings is 1. The molecule has 5 heteroatoms. The molecule has 2 rings (SSSR count). The largest absolute Gasteiger partial charge is 0.497 e. The van der Waals surface area contributed by atoms with Crippen molar-refractivity contribution in [2.75, 3.05) is 12.8 Å². The topological polar surface area (TPSA) is 85.4 Å². The fourth-order valence-electron chi connectivity index (χ4n) is 1.93. The van der Waals surface area contributed by atoms with Gasteiger partial charge < -0.3 is 15.6 Å². The summed E-state index contributed by atoms with van der Waals surface area (Å²) in [5.41, 5.74) is 7.92. The number of aromatic carboxylic acids is 1. The molecule has 0 saturated heterocycles. The summed E-state index contributed by atoms with van der Waals surface area (Å²) in [5.74, 6) is -0.117. The second-order valence-electron chi connectivity index (χ2n) is 4.14. The molecular weight excluding hydrogens is 244 g/mol. The zero-order chi connectivity index (χ0) is 14.0. The van der Waals surface area contributed by atoms with Gasteiger partial charge in [-0.05, 0) is 36.2 Å². The molecule has 3 N–H and O–H groups in total. The first-order valence-electron chi connectivity index (χ1n) is 5.66. The van der Waals surface area contributed by atoms with E-state index >= 15 is 0 Å². The maximum atomic E-state index is 11.3. The van der Waals surface area contributed by atoms with Gasteiger partial charge in [0.2, 0.25) is 0 Å². The van der Waals surface area contributed by atoms with Gasteiger partial charge in [-0.25, -0.2) is 9.78 Å². The number of nitrogens with zero attached hydrogens (tertiary/aromatic N) is 1. The maximum absolute atomic E-state index is 11.3. The standard InChI is InChI=1S/C14H14N2O3/c1-8-5-9(19-2)3-4-10(8)12-7-16-13(15)6-11(12)14(17)18/h3-7H,1-2H3,(H2,15,16)(H,17,18). The van der Waals surface area contributed by atoms with Crippen LogP contribution in [0.1, 0.15) is 15.9 Å². The number of rotatable bonds is 3. The van der Waals surface area contributed by atoms with Crippen LogP contribution in [0.5, 0.6) is 5.75 Å². The Morgan fingerprint density at radius 2 is 2.05 bits per heavy atom. The second kappa shape index (κ2) is 4.97. The van der Waals surface area contributed by atoms with Crippen molar-refractivity contribution in [3.8, 4) is 16.9 Å². The van der Waals surface area contributed by atoms with E-state index in [0.29, 0.717) is 5.56 Å². The highest BCUT2D eigenvalue weighted by Gasteiger charge is 2.14. The van der Waals surface area contributed by atoms with Gasteiger partial charge in [-0.15, -0.1) is 0 Å². The first-order valence-corrected chi connectivity index (χ1v) is 5.66. The van der Waals surface area contributed by atoms with E-state index in [9.17, 15) is 9.90 Å². The van der Waals surface area contributed by atoms with Crippen LogP contribution in [-0.2, 0) is 0 Å². The van der Waals surface area contributed by atoms with Gasteiger partial charge in [-0.2, -0.15) is 0 Å². The van der Waals surface area contributed by atoms with E-state index in [-0.39, 0.29) is 11.4 Å². The van der Waals surface area contributed by atoms with E-state index in [4.69, 9.17) is 10.5 Å². The third kappa shape index (κ3) is 2.49. The van der Waals surface area contributed by atoms with Gasteiger partial charge in [0.15, 0.2) is 0 Å². The van der Waals surface area contributed by atoms with Gasteiger partial charge in [0.05, 0.1) is 12.7 Å². The number of nitrogens with two attached hydrogens (primary N) is 1. The fourth-order valence-corrected chi connectivity index (χ4v) is 1.93. The predicted octanol–water partition coefficient (Wildman–Crippen LogP) is 2.35. The van der Waals surface area contributed by atoms with Gasteiger partial charge >= 0.3 is 5.97 Å². The molecule has 0 saturated carbocycles. The number of carboxylic acids is 1. The summed E-state index contributed by atoms with van der Waals surface area (Å²) < 4.78 is 5.13. The minimum atomic E-state index is -1.03. The Hall–Kier alpha value is -2.56. The average Bonchev–Trinajstić information content (AvgIpc) is 2.39. The normalized spacial score (nSPS) is 10.2. The molecule has 1 aromatic carbocycles. The van der Waals surface area contributed by atoms with Gasteiger partial charge in [0, 0.05) is 11.8 Å². The SMILES string of the molecule is COc1ccc(-c2cnc(N)cc2C(=O)O)c(C)c1. The lowest BCUT2D eigenvalue weighted by atomic mass is 9.97. The van der Waals surface area contributed by atoms with Gasteiger partial charge in [-0.3, -0.25) is 0 Å². The first kappa shape index (κ1) is 12.9. The van der Waals surface area contributed by atoms with Crippen molar-refractivity contribution in [3.05, 3.63) is 41.6 Å². The van der Waals surface area contributed by atoms with E-state index < -0.39 is 5.97 Å². The van der Waals surface area contributed by atoms with Gasteiger partial charge in [-0.1, -0.05) is 6.07 Å². The number of hydrogen-bond acceptors (Lipinski definition) is 4. The molecule has 0 fully saturated rings. The summed E-state index contributed by atoms with van der Waals surface area (Å²) in [6.45, 7) is 1.89. The van der Waals surface area contributed by atoms with Crippen LogP contribution in [0.25, 0.3) is 11.1 Å². The van der Waals surface area contributed by atoms with Crippen molar-refractivity contribution in [1.29, 1.82) is 0 Å². The van der Waals surface area contributed by atoms with Crippen molar-refractivity contribution in [2.45, 2.75) is 6.92 Å². The van der Waals surface area contributed by atoms with Crippen LogP contribution in [0, 0.1) is 6.92 Å². The van der Waals surface area contributed by atoms with Crippen LogP contribution in [0.15, 0.2) is 30.5 Å². The van der Waals surface area contributed by atoms with Crippen LogP contribution >= 0.6 is 0 Å². The van der Waals surface area contributed by atoms with Crippen LogP contribution in [-0.4, -0.2) is 23.2 Å². The Bertz CT molecular complexity index is 639. The summed E-state index contributed by atoms with van der Waals surface area (Å²) in [5, 5.41) is 9.24. The van der Waals surface area contributed by atoms with E-state index in [0.717, 1.165) is 16.9 Å². The summed E-state index contributed by atoms with van der Waals surface area (Å²) >= 11 is 0. The smallest absolute Gasteiger partial charge is 0.336 e. The number of ether oxygens (including phenoxy) is 1. The Morgan fingerprint density at radius 3 is 2.63 bits per heavy atom. The summed E-state index contributed by atoms with van der Waals surface area (Å²) in [6.07, 6.45) is 1.48. The molecule has 98 valence electrons. The van der Waals surface area contributed by atoms with Crippen LogP contribution in [0.2, 0.25) is 0 Å². The number of hydrogen-bond donors (Lipinski definition) is 2. The number of aryl methyl sites for hydroxylation is 1. The fraction of sp³-hybridized carbons (Fsp3) is 0.143. The lowest BCUT2D eigenvalue weighted by Gasteiger charge is -2.11. The molecule has 1 heterocycles. The number of anilines is 1. The molecule has 5 nitrogen and oxygen atoms in total. The highest BCUT2D eigenvalue weighted by Crippen LogP contribution is 2.29. The third-order valence-electron chi connectivity index (χ3n) is 2.88. The molecule has 0 aliphatic carbocycles. The maximum Gasteiger partial charge on any atom is 0.336 e. The highest BCUT2D eigenvalue weighted by atomic mass is 16.5. The monoisotopic (exact) mass is 258 g/mol. The molecule has 0 radical (unpaired) electrons. The molecular formula is C14H14N2O3. The quantitative estimate of drug-likeness (QED) is 0.882. The number of carbonyl (C=O) groups is 1. The minimum Gasteiger partial charge on any atom is -0.497 e. The number of methoxy groups -OCH3 is 1. The molecule has 0 aliphatic heterocycles. The predicted molar refractivity (Wildman–Crippen MR) is 72.3 cm³/mol. The lowest BCUT2D eigenvalue weighted by molar-refractivity contribution is 0.0697. The molecule has 0 atom stereocenters. The molecule has 19 heavy (non-hydrogen) atoms. The number of carboxylic acid groups (broad SMARTS) is 1. The second-order valence-corrected chi connectivity index (χ2v) is 4.14. The van der Waals surface area contributed by atoms with Crippen LogP contribution < -0.4 is 10.5 Å². The van der Waals surface area contributed by atoms with Crippen molar-refractivity contribution >= 4 is 11.8 Å². The average molecular weight is 258 g/mol. The van der Waals surface area contributed by atoms with E-state index in [1.54, 1.807) is 13.2 Å². The zero-order valence-electron chi connectivity index (χ0n) is 10.7. The Morgan fingerprint density at radius 1 is 1.32 bits per heavy atom. The first-order chi connectivity index (χ1) is 9.02. The number of benzene rings is 1. The Kier molecular flexibility index (Phi) is 3.37. The molecule has 0 amide bonds. The minimum absolute atomic E-state index is 0.140. The van der Waals surface area contributed by atoms with Crippen molar-refractivity contribution < 1.29 is 14.6 Å². The van der Waals surface area contributed by atoms with Crippen LogP contribution in [0.4, 0.5) is 5.82 Å². The Labute approximate surface area is 110 Å². The summed E-state index contributed by atoms with van der Waals surface area (Å²) in [7, 11) is 1.59. The summed E-state index contributed by atoms with van der Waals surface area (Å²) in [6, 6.07) is 6.80. The lowest BCUT2D eigenvalue weighted by Crippen LogP contribution is -2.03. The summed E-state index contributed by atoms with van der Waals surface area (Å²) in [4.78, 5) is 15.2. The van der Waals surface area contributed by atoms with E-state index in [2.05, 4.69) is 4.98 Å². The molecule has 0 aliphatic rings. The molecule has 1 aromatic heterocycles. The number of aromatic nitrogens is 1. The molecule has 2 aromatic rings. The van der Waals surface area contributed by atoms with Gasteiger partial charge in [0.1, 0.15) is 11.6 Å². The molecule has 0 spiro atoms. The van der Waals surface area contributed by atoms with Crippen molar-refractivity contribution in [1.82, 2.24) is 4.98 Å². The highest BCUT2D eigenvalue weighted by molar-refractivity contribution is 5.97. The van der Waals surface area contributed by atoms with E-state index in [1.165, 1.54) is 12.3 Å². The van der Waals surface area contributed by atoms with E-state index in [1.807, 2.05) is 19.1 Å². The van der Waals surface area contributed by atoms with Crippen molar-refractivity contribution in [3.63, 3.8) is 0 Å². The third-order valence-corrected chi connectivity index (χ3v) is 2.88. The molecule has 0 unspecified atom stereocenters. The number of nitrogen functional groups attached to an aromatic ring is 1. The Balaban J connectivity index is 2.62.